The third-order valence-corrected chi connectivity index (χ3v) is 5.70. The van der Waals surface area contributed by atoms with Crippen molar-refractivity contribution in [3.63, 3.8) is 0 Å². The van der Waals surface area contributed by atoms with E-state index in [1.807, 2.05) is 6.92 Å². The van der Waals surface area contributed by atoms with Gasteiger partial charge in [0.05, 0.1) is 12.6 Å². The Morgan fingerprint density at radius 2 is 1.96 bits per heavy atom. The number of hydrogen-bond acceptors (Lipinski definition) is 4. The van der Waals surface area contributed by atoms with Gasteiger partial charge in [0.15, 0.2) is 5.78 Å². The molecule has 1 atom stereocenters. The first-order valence-electron chi connectivity index (χ1n) is 9.54. The van der Waals surface area contributed by atoms with E-state index in [-0.39, 0.29) is 36.4 Å². The Hall–Kier alpha value is -2.34. The quantitative estimate of drug-likeness (QED) is 0.637. The summed E-state index contributed by atoms with van der Waals surface area (Å²) < 4.78 is 19.1. The number of ether oxygens (including phenoxy) is 1. The Balaban J connectivity index is 1.52. The lowest BCUT2D eigenvalue weighted by molar-refractivity contribution is -0.121. The minimum Gasteiger partial charge on any atom is -0.494 e. The fraction of sp³-hybridized carbons (Fsp3) is 0.364. The zero-order valence-corrected chi connectivity index (χ0v) is 16.7. The molecule has 0 aliphatic carbocycles. The number of ketones is 1. The maximum absolute atomic E-state index is 13.6. The van der Waals surface area contributed by atoms with Crippen LogP contribution in [0, 0.1) is 5.82 Å². The summed E-state index contributed by atoms with van der Waals surface area (Å²) in [5, 5.41) is 2.95. The van der Waals surface area contributed by atoms with Crippen LogP contribution in [0.3, 0.4) is 0 Å². The van der Waals surface area contributed by atoms with Gasteiger partial charge in [-0.1, -0.05) is 6.92 Å². The molecule has 2 aromatic rings. The zero-order valence-electron chi connectivity index (χ0n) is 15.9. The van der Waals surface area contributed by atoms with E-state index in [9.17, 15) is 14.0 Å². The van der Waals surface area contributed by atoms with Crippen LogP contribution < -0.4 is 10.1 Å². The monoisotopic (exact) mass is 401 g/mol. The van der Waals surface area contributed by atoms with E-state index in [0.717, 1.165) is 34.8 Å². The topological polar surface area (TPSA) is 55.4 Å². The molecule has 0 aromatic heterocycles. The molecule has 28 heavy (non-hydrogen) atoms. The third-order valence-electron chi connectivity index (χ3n) is 4.57. The Morgan fingerprint density at radius 1 is 1.18 bits per heavy atom. The van der Waals surface area contributed by atoms with Crippen molar-refractivity contribution in [2.45, 2.75) is 43.5 Å². The molecule has 1 amide bonds. The van der Waals surface area contributed by atoms with Crippen molar-refractivity contribution >= 4 is 23.5 Å². The van der Waals surface area contributed by atoms with Crippen LogP contribution in [-0.2, 0) is 4.79 Å². The molecule has 0 radical (unpaired) electrons. The second kappa shape index (κ2) is 9.73. The molecule has 0 spiro atoms. The number of carbonyl (C=O) groups excluding carboxylic acids is 2. The summed E-state index contributed by atoms with van der Waals surface area (Å²) in [6.07, 6.45) is 1.92. The van der Waals surface area contributed by atoms with E-state index in [1.54, 1.807) is 42.1 Å². The SMILES string of the molecule is CCCOc1ccc(C(=O)CCC(=O)NC2CCSc3ccc(F)cc32)cc1. The van der Waals surface area contributed by atoms with E-state index in [4.69, 9.17) is 4.74 Å². The number of carbonyl (C=O) groups is 2. The predicted molar refractivity (Wildman–Crippen MR) is 108 cm³/mol. The Kier molecular flexibility index (Phi) is 7.09. The van der Waals surface area contributed by atoms with Gasteiger partial charge in [0.25, 0.3) is 0 Å². The number of nitrogens with one attached hydrogen (secondary N) is 1. The second-order valence-corrected chi connectivity index (χ2v) is 7.87. The number of Topliss-reactive ketones (excluding diaryl/α,β-unsaturated/α-hetero) is 1. The van der Waals surface area contributed by atoms with Gasteiger partial charge in [-0.05, 0) is 60.9 Å². The van der Waals surface area contributed by atoms with Gasteiger partial charge in [0.2, 0.25) is 5.91 Å². The summed E-state index contributed by atoms with van der Waals surface area (Å²) in [6.45, 7) is 2.67. The number of rotatable bonds is 8. The molecule has 2 aromatic carbocycles. The molecular weight excluding hydrogens is 377 g/mol. The second-order valence-electron chi connectivity index (χ2n) is 6.74. The molecule has 1 aliphatic heterocycles. The molecule has 1 N–H and O–H groups in total. The molecule has 1 aliphatic rings. The fourth-order valence-corrected chi connectivity index (χ4v) is 4.22. The van der Waals surface area contributed by atoms with Crippen LogP contribution in [0.1, 0.15) is 54.6 Å². The number of thioether (sulfide) groups is 1. The highest BCUT2D eigenvalue weighted by molar-refractivity contribution is 7.99. The van der Waals surface area contributed by atoms with E-state index < -0.39 is 0 Å². The summed E-state index contributed by atoms with van der Waals surface area (Å²) >= 11 is 1.67. The number of benzene rings is 2. The van der Waals surface area contributed by atoms with Crippen LogP contribution in [0.15, 0.2) is 47.4 Å². The van der Waals surface area contributed by atoms with E-state index in [2.05, 4.69) is 5.32 Å². The summed E-state index contributed by atoms with van der Waals surface area (Å²) in [5.41, 5.74) is 1.39. The van der Waals surface area contributed by atoms with Crippen LogP contribution in [0.4, 0.5) is 4.39 Å². The smallest absolute Gasteiger partial charge is 0.220 e. The molecule has 0 saturated carbocycles. The Bertz CT molecular complexity index is 838. The van der Waals surface area contributed by atoms with Gasteiger partial charge in [-0.2, -0.15) is 0 Å². The van der Waals surface area contributed by atoms with Gasteiger partial charge in [-0.3, -0.25) is 9.59 Å². The van der Waals surface area contributed by atoms with Crippen molar-refractivity contribution in [1.29, 1.82) is 0 Å². The maximum Gasteiger partial charge on any atom is 0.220 e. The van der Waals surface area contributed by atoms with Gasteiger partial charge in [0.1, 0.15) is 11.6 Å². The highest BCUT2D eigenvalue weighted by Gasteiger charge is 2.23. The van der Waals surface area contributed by atoms with Crippen molar-refractivity contribution in [1.82, 2.24) is 5.32 Å². The molecule has 6 heteroatoms. The molecule has 148 valence electrons. The summed E-state index contributed by atoms with van der Waals surface area (Å²) in [5.74, 6) is 1.03. The highest BCUT2D eigenvalue weighted by Crippen LogP contribution is 2.36. The molecular formula is C22H24FNO3S. The van der Waals surface area contributed by atoms with Crippen LogP contribution in [0.25, 0.3) is 0 Å². The Morgan fingerprint density at radius 3 is 2.71 bits per heavy atom. The summed E-state index contributed by atoms with van der Waals surface area (Å²) in [4.78, 5) is 25.7. The van der Waals surface area contributed by atoms with E-state index in [1.165, 1.54) is 12.1 Å². The lowest BCUT2D eigenvalue weighted by Gasteiger charge is -2.26. The molecule has 4 nitrogen and oxygen atoms in total. The standard InChI is InChI=1S/C22H24FNO3S/c1-2-12-27-17-6-3-15(4-7-17)20(25)8-10-22(26)24-19-11-13-28-21-9-5-16(23)14-18(19)21/h3-7,9,14,19H,2,8,10-13H2,1H3,(H,24,26). The number of hydrogen-bond donors (Lipinski definition) is 1. The molecule has 0 saturated heterocycles. The molecule has 0 fully saturated rings. The average molecular weight is 402 g/mol. The highest BCUT2D eigenvalue weighted by atomic mass is 32.2. The van der Waals surface area contributed by atoms with Crippen molar-refractivity contribution in [2.24, 2.45) is 0 Å². The molecule has 3 rings (SSSR count). The lowest BCUT2D eigenvalue weighted by atomic mass is 10.0. The minimum atomic E-state index is -0.304. The van der Waals surface area contributed by atoms with Gasteiger partial charge in [0, 0.05) is 29.1 Å². The first-order chi connectivity index (χ1) is 13.6. The van der Waals surface area contributed by atoms with E-state index in [0.29, 0.717) is 12.2 Å². The number of fused-ring (bicyclic) bond motifs is 1. The first kappa shape index (κ1) is 20.4. The molecule has 1 heterocycles. The molecule has 1 unspecified atom stereocenters. The average Bonchev–Trinajstić information content (AvgIpc) is 2.71. The largest absolute Gasteiger partial charge is 0.494 e. The van der Waals surface area contributed by atoms with Gasteiger partial charge < -0.3 is 10.1 Å². The maximum atomic E-state index is 13.6. The zero-order chi connectivity index (χ0) is 19.9. The van der Waals surface area contributed by atoms with Crippen molar-refractivity contribution in [3.05, 3.63) is 59.4 Å². The van der Waals surface area contributed by atoms with Crippen molar-refractivity contribution < 1.29 is 18.7 Å². The van der Waals surface area contributed by atoms with Gasteiger partial charge >= 0.3 is 0 Å². The van der Waals surface area contributed by atoms with Gasteiger partial charge in [-0.15, -0.1) is 11.8 Å². The normalized spacial score (nSPS) is 15.6. The number of amides is 1. The predicted octanol–water partition coefficient (Wildman–Crippen LogP) is 4.93. The number of halogens is 1. The Labute approximate surface area is 168 Å². The van der Waals surface area contributed by atoms with Crippen LogP contribution in [-0.4, -0.2) is 24.1 Å². The lowest BCUT2D eigenvalue weighted by Crippen LogP contribution is -2.31. The van der Waals surface area contributed by atoms with Crippen LogP contribution >= 0.6 is 11.8 Å². The first-order valence-corrected chi connectivity index (χ1v) is 10.5. The summed E-state index contributed by atoms with van der Waals surface area (Å²) in [7, 11) is 0. The fourth-order valence-electron chi connectivity index (χ4n) is 3.11. The van der Waals surface area contributed by atoms with Crippen LogP contribution in [0.2, 0.25) is 0 Å². The summed E-state index contributed by atoms with van der Waals surface area (Å²) in [6, 6.07) is 11.5. The minimum absolute atomic E-state index is 0.0807. The van der Waals surface area contributed by atoms with Gasteiger partial charge in [-0.25, -0.2) is 4.39 Å². The van der Waals surface area contributed by atoms with Crippen molar-refractivity contribution in [3.8, 4) is 5.75 Å². The van der Waals surface area contributed by atoms with Crippen molar-refractivity contribution in [2.75, 3.05) is 12.4 Å². The third kappa shape index (κ3) is 5.35. The van der Waals surface area contributed by atoms with Crippen LogP contribution in [0.5, 0.6) is 5.75 Å². The molecule has 0 bridgehead atoms. The van der Waals surface area contributed by atoms with E-state index >= 15 is 0 Å².